The molecule has 0 unspecified atom stereocenters. The molecule has 8 aromatic rings. The highest BCUT2D eigenvalue weighted by molar-refractivity contribution is 6.10. The van der Waals surface area contributed by atoms with E-state index in [0.29, 0.717) is 0 Å². The normalized spacial score (nSPS) is 20.3. The topological polar surface area (TPSA) is 310 Å². The highest BCUT2D eigenvalue weighted by atomic mass is 16.6. The van der Waals surface area contributed by atoms with Gasteiger partial charge in [-0.3, -0.25) is 38.4 Å². The molecule has 4 heterocycles. The monoisotopic (exact) mass is 1690 g/mol. The van der Waals surface area contributed by atoms with Crippen LogP contribution in [0.4, 0.5) is 0 Å². The number of amides is 4. The molecule has 28 heteroatoms. The Morgan fingerprint density at radius 3 is 0.597 bits per heavy atom. The van der Waals surface area contributed by atoms with E-state index in [1.54, 1.807) is 84.6 Å². The molecule has 0 spiro atoms. The predicted molar refractivity (Wildman–Crippen MR) is 461 cm³/mol. The van der Waals surface area contributed by atoms with Crippen molar-refractivity contribution < 1.29 is 95.2 Å². The van der Waals surface area contributed by atoms with Crippen molar-refractivity contribution in [2.24, 2.45) is 44.1 Å². The minimum Gasteiger partial charge on any atom is -0.497 e. The Hall–Kier alpha value is -13.4. The van der Waals surface area contributed by atoms with Crippen LogP contribution in [-0.2, 0) is 83.0 Å². The van der Waals surface area contributed by atoms with Crippen LogP contribution < -0.4 is 37.9 Å². The number of rotatable bonds is 20. The first-order chi connectivity index (χ1) is 59.7. The van der Waals surface area contributed by atoms with Gasteiger partial charge in [0.15, 0.2) is 24.4 Å². The molecule has 28 nitrogen and oxygen atoms in total. The highest BCUT2D eigenvalue weighted by Gasteiger charge is 2.50. The Balaban J connectivity index is 0.000000142. The first-order valence-electron chi connectivity index (χ1n) is 41.3. The number of esters is 4. The van der Waals surface area contributed by atoms with Gasteiger partial charge in [-0.1, -0.05) is 72.8 Å². The third kappa shape index (κ3) is 18.8. The average molecular weight is 1690 g/mol. The first-order valence-corrected chi connectivity index (χ1v) is 41.3. The number of carbonyl (C=O) groups excluding carboxylic acids is 8. The second-order valence-electron chi connectivity index (χ2n) is 31.2. The van der Waals surface area contributed by atoms with Crippen LogP contribution in [0.5, 0.6) is 46.0 Å². The lowest BCUT2D eigenvalue weighted by Gasteiger charge is -2.30. The molecule has 0 radical (unpaired) electrons. The minimum atomic E-state index is -0.924. The molecule has 124 heavy (non-hydrogen) atoms. The summed E-state index contributed by atoms with van der Waals surface area (Å²) in [5.74, 6) is 2.72. The molecule has 12 atom stereocenters. The van der Waals surface area contributed by atoms with Crippen LogP contribution in [0.1, 0.15) is 172 Å². The van der Waals surface area contributed by atoms with E-state index < -0.39 is 48.3 Å². The fraction of sp³-hybridized carbons (Fsp3) is 0.375. The van der Waals surface area contributed by atoms with Gasteiger partial charge in [-0.15, -0.1) is 0 Å². The molecule has 4 aliphatic heterocycles. The molecule has 0 aromatic heterocycles. The summed E-state index contributed by atoms with van der Waals surface area (Å²) in [5.41, 5.74) is 16.1. The summed E-state index contributed by atoms with van der Waals surface area (Å²) in [7, 11) is 13.0. The number of methoxy groups -OCH3 is 8. The molecule has 648 valence electrons. The van der Waals surface area contributed by atoms with Crippen LogP contribution in [0.25, 0.3) is 0 Å². The van der Waals surface area contributed by atoms with Crippen molar-refractivity contribution in [3.63, 3.8) is 0 Å². The standard InChI is InChI=1S/4C24H26N2O5/c4*1-14(31-15(2)27)24(28)26-23(17-6-9-18(29-3)10-7-17)20-12-8-16-5-11-19(30-4)13-21(16)22(20)25-26/h4*5-7,9-11,13-14,20,23H,8,12H2,1-4H3/t14-,20+,23+;14-,20+,23-;14-,20-,23+;14-,20-,23-/m0000/s1. The SMILES string of the molecule is COc1ccc([C@@H]2[C@@H]3CCc4ccc(OC)cc4C3=NN2C(=O)[C@H](C)OC(C)=O)cc1.COc1ccc([C@@H]2[C@H]3CCc4ccc(OC)cc4C3=NN2C(=O)[C@H](C)OC(C)=O)cc1.COc1ccc([C@H]2[C@@H]3CCc4ccc(OC)cc4C3=NN2C(=O)[C@H](C)OC(C)=O)cc1.COc1ccc([C@H]2[C@H]3CCc4ccc(OC)cc4C3=NN2C(=O)[C@H](C)OC(C)=O)cc1. The highest BCUT2D eigenvalue weighted by Crippen LogP contribution is 2.50. The lowest BCUT2D eigenvalue weighted by molar-refractivity contribution is -0.158. The third-order valence-electron chi connectivity index (χ3n) is 23.6. The lowest BCUT2D eigenvalue weighted by atomic mass is 9.77. The zero-order valence-corrected chi connectivity index (χ0v) is 72.5. The van der Waals surface area contributed by atoms with Crippen LogP contribution in [-0.4, -0.2) is 172 Å². The zero-order valence-electron chi connectivity index (χ0n) is 72.5. The number of ether oxygens (including phenoxy) is 12. The fourth-order valence-electron chi connectivity index (χ4n) is 17.7. The van der Waals surface area contributed by atoms with Gasteiger partial charge in [0.2, 0.25) is 0 Å². The molecule has 4 aliphatic carbocycles. The Labute approximate surface area is 720 Å². The van der Waals surface area contributed by atoms with Gasteiger partial charge in [0.25, 0.3) is 23.6 Å². The van der Waals surface area contributed by atoms with Gasteiger partial charge < -0.3 is 56.8 Å². The van der Waals surface area contributed by atoms with E-state index in [2.05, 4.69) is 24.3 Å². The first kappa shape index (κ1) is 88.4. The minimum absolute atomic E-state index is 0.0291. The number of aryl methyl sites for hydroxylation is 4. The summed E-state index contributed by atoms with van der Waals surface area (Å²) in [6.45, 7) is 11.5. The smallest absolute Gasteiger partial charge is 0.303 e. The molecular weight excluding hydrogens is 1590 g/mol. The van der Waals surface area contributed by atoms with E-state index in [1.165, 1.54) is 70.0 Å². The van der Waals surface area contributed by atoms with E-state index in [-0.39, 0.29) is 71.5 Å². The van der Waals surface area contributed by atoms with Crippen LogP contribution in [0.3, 0.4) is 0 Å². The molecule has 0 saturated carbocycles. The third-order valence-corrected chi connectivity index (χ3v) is 23.6. The molecule has 0 fully saturated rings. The Bertz CT molecular complexity index is 4790. The van der Waals surface area contributed by atoms with Crippen LogP contribution in [0.2, 0.25) is 0 Å². The van der Waals surface area contributed by atoms with Crippen molar-refractivity contribution in [3.05, 3.63) is 237 Å². The van der Waals surface area contributed by atoms with Gasteiger partial charge in [-0.2, -0.15) is 20.4 Å². The number of carbonyl (C=O) groups is 8. The molecule has 0 bridgehead atoms. The number of fused-ring (bicyclic) bond motifs is 12. The second-order valence-corrected chi connectivity index (χ2v) is 31.2. The van der Waals surface area contributed by atoms with Gasteiger partial charge in [0.05, 0.1) is 104 Å². The van der Waals surface area contributed by atoms with Gasteiger partial charge >= 0.3 is 23.9 Å². The Morgan fingerprint density at radius 1 is 0.266 bits per heavy atom. The molecule has 8 aliphatic rings. The van der Waals surface area contributed by atoms with Gasteiger partial charge in [0, 0.05) is 73.6 Å². The van der Waals surface area contributed by atoms with Crippen molar-refractivity contribution >= 4 is 70.4 Å². The predicted octanol–water partition coefficient (Wildman–Crippen LogP) is 14.0. The van der Waals surface area contributed by atoms with Crippen molar-refractivity contribution in [2.45, 2.75) is 155 Å². The lowest BCUT2D eigenvalue weighted by Crippen LogP contribution is -2.38. The summed E-state index contributed by atoms with van der Waals surface area (Å²) in [5, 5.41) is 25.1. The molecule has 16 rings (SSSR count). The molecular formula is C96H104N8O20. The Morgan fingerprint density at radius 2 is 0.435 bits per heavy atom. The van der Waals surface area contributed by atoms with Gasteiger partial charge in [-0.05, 0) is 221 Å². The van der Waals surface area contributed by atoms with Crippen LogP contribution in [0, 0.1) is 23.7 Å². The summed E-state index contributed by atoms with van der Waals surface area (Å²) in [6.07, 6.45) is 3.30. The van der Waals surface area contributed by atoms with Gasteiger partial charge in [-0.25, -0.2) is 20.0 Å². The summed E-state index contributed by atoms with van der Waals surface area (Å²) in [6, 6.07) is 53.5. The van der Waals surface area contributed by atoms with E-state index in [9.17, 15) is 38.4 Å². The maximum atomic E-state index is 13.3. The molecule has 0 saturated heterocycles. The average Bonchev–Trinajstić information content (AvgIpc) is 1.61. The summed E-state index contributed by atoms with van der Waals surface area (Å²) < 4.78 is 63.5. The van der Waals surface area contributed by atoms with E-state index in [1.807, 2.05) is 146 Å². The molecule has 0 N–H and O–H groups in total. The number of hydrogen-bond acceptors (Lipinski definition) is 24. The van der Waals surface area contributed by atoms with Crippen LogP contribution in [0.15, 0.2) is 190 Å². The fourth-order valence-corrected chi connectivity index (χ4v) is 17.7. The van der Waals surface area contributed by atoms with E-state index in [0.717, 1.165) is 165 Å². The zero-order chi connectivity index (χ0) is 88.5. The molecule has 4 amide bonds. The van der Waals surface area contributed by atoms with Crippen molar-refractivity contribution in [3.8, 4) is 46.0 Å². The van der Waals surface area contributed by atoms with Crippen molar-refractivity contribution in [2.75, 3.05) is 56.9 Å². The van der Waals surface area contributed by atoms with Crippen molar-refractivity contribution in [1.29, 1.82) is 0 Å². The van der Waals surface area contributed by atoms with E-state index in [4.69, 9.17) is 77.2 Å². The maximum Gasteiger partial charge on any atom is 0.303 e. The summed E-state index contributed by atoms with van der Waals surface area (Å²) in [4.78, 5) is 98.7. The molecule has 8 aromatic carbocycles. The quantitative estimate of drug-likeness (QED) is 0.0505. The maximum absolute atomic E-state index is 13.3. The number of hydrogen-bond donors (Lipinski definition) is 0. The van der Waals surface area contributed by atoms with Crippen molar-refractivity contribution in [1.82, 2.24) is 20.0 Å². The number of hydrazone groups is 4. The van der Waals surface area contributed by atoms with E-state index >= 15 is 0 Å². The van der Waals surface area contributed by atoms with Crippen LogP contribution >= 0.6 is 0 Å². The van der Waals surface area contributed by atoms with Gasteiger partial charge in [0.1, 0.15) is 46.0 Å². The second kappa shape index (κ2) is 38.8. The number of nitrogens with zero attached hydrogens (tertiary/aromatic N) is 8. The largest absolute Gasteiger partial charge is 0.497 e. The number of benzene rings is 8. The summed E-state index contributed by atoms with van der Waals surface area (Å²) >= 11 is 0. The Kier molecular flexibility index (Phi) is 27.6.